The highest BCUT2D eigenvalue weighted by molar-refractivity contribution is 5.81. The van der Waals surface area contributed by atoms with E-state index in [0.717, 1.165) is 25.0 Å². The average Bonchev–Trinajstić information content (AvgIpc) is 2.51. The molecule has 1 fully saturated rings. The fraction of sp³-hybridized carbons (Fsp3) is 0.700. The summed E-state index contributed by atoms with van der Waals surface area (Å²) in [4.78, 5) is 11.4. The van der Waals surface area contributed by atoms with Crippen molar-refractivity contribution in [2.75, 3.05) is 13.2 Å². The molecule has 1 rings (SSSR count). The molecular weight excluding hydrogens is 152 g/mol. The Bertz CT molecular complexity index is 178. The summed E-state index contributed by atoms with van der Waals surface area (Å²) in [5.74, 6) is 0.514. The van der Waals surface area contributed by atoms with Crippen molar-refractivity contribution in [1.82, 2.24) is 0 Å². The van der Waals surface area contributed by atoms with Crippen LogP contribution in [0.4, 0.5) is 0 Å². The molecule has 1 atom stereocenters. The Hall–Kier alpha value is -0.630. The van der Waals surface area contributed by atoms with Gasteiger partial charge in [-0.2, -0.15) is 0 Å². The van der Waals surface area contributed by atoms with Crippen LogP contribution in [0.5, 0.6) is 0 Å². The third-order valence-corrected chi connectivity index (χ3v) is 2.18. The Kier molecular flexibility index (Phi) is 3.48. The first kappa shape index (κ1) is 9.46. The van der Waals surface area contributed by atoms with Crippen LogP contribution >= 0.6 is 0 Å². The lowest BCUT2D eigenvalue weighted by Crippen LogP contribution is -2.13. The van der Waals surface area contributed by atoms with Crippen LogP contribution in [0, 0.1) is 5.92 Å². The molecule has 0 radical (unpaired) electrons. The van der Waals surface area contributed by atoms with E-state index >= 15 is 0 Å². The van der Waals surface area contributed by atoms with Crippen LogP contribution < -0.4 is 0 Å². The number of allylic oxidation sites excluding steroid dienone is 1. The second-order valence-electron chi connectivity index (χ2n) is 3.48. The van der Waals surface area contributed by atoms with Crippen LogP contribution in [0.15, 0.2) is 12.2 Å². The van der Waals surface area contributed by atoms with Crippen molar-refractivity contribution in [3.8, 4) is 0 Å². The molecule has 0 aromatic rings. The summed E-state index contributed by atoms with van der Waals surface area (Å²) in [6.45, 7) is 7.11. The Morgan fingerprint density at radius 3 is 2.83 bits per heavy atom. The van der Waals surface area contributed by atoms with E-state index in [1.165, 1.54) is 0 Å². The van der Waals surface area contributed by atoms with Gasteiger partial charge in [0, 0.05) is 18.9 Å². The largest absolute Gasteiger partial charge is 0.381 e. The lowest BCUT2D eigenvalue weighted by Gasteiger charge is -2.05. The van der Waals surface area contributed by atoms with Crippen LogP contribution in [0.1, 0.15) is 26.2 Å². The van der Waals surface area contributed by atoms with Gasteiger partial charge in [-0.1, -0.05) is 5.57 Å². The van der Waals surface area contributed by atoms with Gasteiger partial charge in [0.25, 0.3) is 0 Å². The van der Waals surface area contributed by atoms with Crippen molar-refractivity contribution >= 4 is 5.78 Å². The van der Waals surface area contributed by atoms with Gasteiger partial charge >= 0.3 is 0 Å². The molecule has 68 valence electrons. The van der Waals surface area contributed by atoms with E-state index in [-0.39, 0.29) is 5.92 Å². The molecule has 1 unspecified atom stereocenters. The number of hydrogen-bond donors (Lipinski definition) is 0. The minimum atomic E-state index is 0.171. The first-order valence-electron chi connectivity index (χ1n) is 4.45. The fourth-order valence-corrected chi connectivity index (χ4v) is 1.33. The molecule has 1 aliphatic rings. The summed E-state index contributed by atoms with van der Waals surface area (Å²) in [6.07, 6.45) is 2.38. The average molecular weight is 168 g/mol. The predicted molar refractivity (Wildman–Crippen MR) is 48.0 cm³/mol. The standard InChI is InChI=1S/C10H16O2/c1-8(2)3-4-10(11)9-5-6-12-7-9/h9H,1,3-7H2,2H3. The van der Waals surface area contributed by atoms with E-state index in [0.29, 0.717) is 18.8 Å². The normalized spacial score (nSPS) is 22.6. The van der Waals surface area contributed by atoms with Crippen molar-refractivity contribution in [3.63, 3.8) is 0 Å². The van der Waals surface area contributed by atoms with Gasteiger partial charge in [0.05, 0.1) is 6.61 Å². The minimum absolute atomic E-state index is 0.171. The summed E-state index contributed by atoms with van der Waals surface area (Å²) in [6, 6.07) is 0. The molecule has 0 spiro atoms. The van der Waals surface area contributed by atoms with E-state index in [9.17, 15) is 4.79 Å². The highest BCUT2D eigenvalue weighted by Gasteiger charge is 2.22. The maximum Gasteiger partial charge on any atom is 0.138 e. The van der Waals surface area contributed by atoms with Gasteiger partial charge in [0.1, 0.15) is 5.78 Å². The number of hydrogen-bond acceptors (Lipinski definition) is 2. The topological polar surface area (TPSA) is 26.3 Å². The number of ether oxygens (including phenoxy) is 1. The van der Waals surface area contributed by atoms with Crippen molar-refractivity contribution in [2.45, 2.75) is 26.2 Å². The summed E-state index contributed by atoms with van der Waals surface area (Å²) < 4.78 is 5.14. The molecular formula is C10H16O2. The molecule has 1 aliphatic heterocycles. The van der Waals surface area contributed by atoms with E-state index in [2.05, 4.69) is 6.58 Å². The van der Waals surface area contributed by atoms with Crippen LogP contribution in [0.3, 0.4) is 0 Å². The van der Waals surface area contributed by atoms with Gasteiger partial charge in [0.15, 0.2) is 0 Å². The Morgan fingerprint density at radius 1 is 1.58 bits per heavy atom. The summed E-state index contributed by atoms with van der Waals surface area (Å²) >= 11 is 0. The third kappa shape index (κ3) is 2.78. The van der Waals surface area contributed by atoms with Gasteiger partial charge < -0.3 is 4.74 Å². The second kappa shape index (κ2) is 4.41. The van der Waals surface area contributed by atoms with E-state index in [1.54, 1.807) is 0 Å². The molecule has 0 aromatic carbocycles. The van der Waals surface area contributed by atoms with Gasteiger partial charge in [-0.25, -0.2) is 0 Å². The molecule has 1 heterocycles. The smallest absolute Gasteiger partial charge is 0.138 e. The fourth-order valence-electron chi connectivity index (χ4n) is 1.33. The summed E-state index contributed by atoms with van der Waals surface area (Å²) in [7, 11) is 0. The molecule has 0 aliphatic carbocycles. The first-order valence-corrected chi connectivity index (χ1v) is 4.45. The van der Waals surface area contributed by atoms with Gasteiger partial charge in [-0.3, -0.25) is 4.79 Å². The minimum Gasteiger partial charge on any atom is -0.381 e. The summed E-state index contributed by atoms with van der Waals surface area (Å²) in [5, 5.41) is 0. The Morgan fingerprint density at radius 2 is 2.33 bits per heavy atom. The second-order valence-corrected chi connectivity index (χ2v) is 3.48. The Balaban J connectivity index is 2.23. The van der Waals surface area contributed by atoms with Gasteiger partial charge in [0.2, 0.25) is 0 Å². The molecule has 0 amide bonds. The molecule has 12 heavy (non-hydrogen) atoms. The molecule has 2 nitrogen and oxygen atoms in total. The van der Waals surface area contributed by atoms with E-state index < -0.39 is 0 Å². The Labute approximate surface area is 73.6 Å². The van der Waals surface area contributed by atoms with E-state index in [4.69, 9.17) is 4.74 Å². The van der Waals surface area contributed by atoms with Crippen LogP contribution in [0.25, 0.3) is 0 Å². The highest BCUT2D eigenvalue weighted by atomic mass is 16.5. The van der Waals surface area contributed by atoms with Crippen LogP contribution in [-0.2, 0) is 9.53 Å². The molecule has 0 saturated carbocycles. The molecule has 0 aromatic heterocycles. The molecule has 0 bridgehead atoms. The third-order valence-electron chi connectivity index (χ3n) is 2.18. The molecule has 1 saturated heterocycles. The molecule has 0 N–H and O–H groups in total. The quantitative estimate of drug-likeness (QED) is 0.600. The van der Waals surface area contributed by atoms with Gasteiger partial charge in [-0.15, -0.1) is 6.58 Å². The summed E-state index contributed by atoms with van der Waals surface area (Å²) in [5.41, 5.74) is 1.09. The number of rotatable bonds is 4. The maximum atomic E-state index is 11.4. The van der Waals surface area contributed by atoms with Crippen molar-refractivity contribution in [3.05, 3.63) is 12.2 Å². The van der Waals surface area contributed by atoms with Crippen LogP contribution in [0.2, 0.25) is 0 Å². The maximum absolute atomic E-state index is 11.4. The zero-order chi connectivity index (χ0) is 8.97. The predicted octanol–water partition coefficient (Wildman–Crippen LogP) is 1.95. The zero-order valence-corrected chi connectivity index (χ0v) is 7.64. The zero-order valence-electron chi connectivity index (χ0n) is 7.64. The van der Waals surface area contributed by atoms with E-state index in [1.807, 2.05) is 6.92 Å². The lowest BCUT2D eigenvalue weighted by atomic mass is 9.98. The van der Waals surface area contributed by atoms with Crippen molar-refractivity contribution < 1.29 is 9.53 Å². The number of Topliss-reactive ketones (excluding diaryl/α,β-unsaturated/α-hetero) is 1. The molecule has 2 heteroatoms. The monoisotopic (exact) mass is 168 g/mol. The van der Waals surface area contributed by atoms with Crippen LogP contribution in [-0.4, -0.2) is 19.0 Å². The van der Waals surface area contributed by atoms with Crippen molar-refractivity contribution in [2.24, 2.45) is 5.92 Å². The SMILES string of the molecule is C=C(C)CCC(=O)C1CCOC1. The number of ketones is 1. The highest BCUT2D eigenvalue weighted by Crippen LogP contribution is 2.16. The first-order chi connectivity index (χ1) is 5.70. The number of carbonyl (C=O) groups is 1. The number of carbonyl (C=O) groups excluding carboxylic acids is 1. The van der Waals surface area contributed by atoms with Gasteiger partial charge in [-0.05, 0) is 19.8 Å². The van der Waals surface area contributed by atoms with Crippen molar-refractivity contribution in [1.29, 1.82) is 0 Å². The lowest BCUT2D eigenvalue weighted by molar-refractivity contribution is -0.122.